The van der Waals surface area contributed by atoms with Gasteiger partial charge in [0.1, 0.15) is 11.5 Å². The first-order chi connectivity index (χ1) is 8.97. The Kier molecular flexibility index (Phi) is 3.76. The number of rotatable bonds is 3. The van der Waals surface area contributed by atoms with Crippen LogP contribution in [0.4, 0.5) is 0 Å². The van der Waals surface area contributed by atoms with Gasteiger partial charge in [0.25, 0.3) is 5.91 Å². The lowest BCUT2D eigenvalue weighted by Crippen LogP contribution is -2.23. The Morgan fingerprint density at radius 1 is 1.47 bits per heavy atom. The van der Waals surface area contributed by atoms with Gasteiger partial charge in [0.05, 0.1) is 22.8 Å². The van der Waals surface area contributed by atoms with E-state index in [1.54, 1.807) is 6.92 Å². The van der Waals surface area contributed by atoms with Crippen LogP contribution in [0.15, 0.2) is 22.6 Å². The molecule has 1 amide bonds. The molecule has 0 unspecified atom stereocenters. The number of hydrogen-bond donors (Lipinski definition) is 2. The van der Waals surface area contributed by atoms with Gasteiger partial charge < -0.3 is 14.8 Å². The molecule has 2 rings (SSSR count). The molecular weight excluding hydrogens is 268 g/mol. The van der Waals surface area contributed by atoms with Crippen molar-refractivity contribution in [3.05, 3.63) is 46.1 Å². The lowest BCUT2D eigenvalue weighted by molar-refractivity contribution is 0.0947. The van der Waals surface area contributed by atoms with E-state index < -0.39 is 5.91 Å². The molecule has 0 fully saturated rings. The molecule has 0 aliphatic carbocycles. The van der Waals surface area contributed by atoms with E-state index in [1.807, 2.05) is 6.92 Å². The predicted molar refractivity (Wildman–Crippen MR) is 70.3 cm³/mol. The fraction of sp³-hybridized carbons (Fsp3) is 0.231. The number of hydrogen-bond acceptors (Lipinski definition) is 4. The van der Waals surface area contributed by atoms with Gasteiger partial charge in [0.2, 0.25) is 5.89 Å². The van der Waals surface area contributed by atoms with E-state index in [4.69, 9.17) is 16.0 Å². The van der Waals surface area contributed by atoms with Crippen LogP contribution in [0.25, 0.3) is 0 Å². The van der Waals surface area contributed by atoms with Crippen molar-refractivity contribution in [2.75, 3.05) is 0 Å². The number of benzene rings is 1. The minimum absolute atomic E-state index is 0.0163. The Morgan fingerprint density at radius 2 is 2.21 bits per heavy atom. The number of amides is 1. The van der Waals surface area contributed by atoms with Gasteiger partial charge in [-0.1, -0.05) is 11.6 Å². The first kappa shape index (κ1) is 13.4. The molecule has 0 atom stereocenters. The number of oxazole rings is 1. The lowest BCUT2D eigenvalue weighted by Gasteiger charge is -2.05. The second kappa shape index (κ2) is 5.32. The number of phenolic OH excluding ortho intramolecular Hbond substituents is 1. The molecular formula is C13H13ClN2O3. The topological polar surface area (TPSA) is 75.4 Å². The number of phenols is 1. The third-order valence-electron chi connectivity index (χ3n) is 2.67. The summed E-state index contributed by atoms with van der Waals surface area (Å²) in [5, 5.41) is 12.2. The maximum atomic E-state index is 11.9. The molecule has 1 aromatic heterocycles. The van der Waals surface area contributed by atoms with Gasteiger partial charge in [0.15, 0.2) is 0 Å². The molecule has 0 bridgehead atoms. The smallest absolute Gasteiger partial charge is 0.253 e. The van der Waals surface area contributed by atoms with E-state index in [1.165, 1.54) is 18.2 Å². The molecule has 19 heavy (non-hydrogen) atoms. The van der Waals surface area contributed by atoms with Crippen LogP contribution < -0.4 is 5.32 Å². The zero-order valence-electron chi connectivity index (χ0n) is 10.5. The minimum Gasteiger partial charge on any atom is -0.508 e. The maximum Gasteiger partial charge on any atom is 0.253 e. The molecule has 0 aliphatic heterocycles. The summed E-state index contributed by atoms with van der Waals surface area (Å²) in [5.74, 6) is 0.742. The number of nitrogens with one attached hydrogen (secondary N) is 1. The summed E-state index contributed by atoms with van der Waals surface area (Å²) in [6.07, 6.45) is 0. The van der Waals surface area contributed by atoms with Crippen LogP contribution in [-0.2, 0) is 6.54 Å². The van der Waals surface area contributed by atoms with Crippen molar-refractivity contribution in [3.63, 3.8) is 0 Å². The van der Waals surface area contributed by atoms with Gasteiger partial charge in [-0.3, -0.25) is 4.79 Å². The summed E-state index contributed by atoms with van der Waals surface area (Å²) in [5.41, 5.74) is 1.00. The molecule has 0 aliphatic rings. The average Bonchev–Trinajstić information content (AvgIpc) is 2.69. The zero-order valence-corrected chi connectivity index (χ0v) is 11.3. The number of halogens is 1. The first-order valence-corrected chi connectivity index (χ1v) is 6.05. The van der Waals surface area contributed by atoms with Crippen molar-refractivity contribution in [1.82, 2.24) is 10.3 Å². The standard InChI is InChI=1S/C13H13ClN2O3/c1-7-8(2)19-12(16-7)6-15-13(18)10-5-9(17)3-4-11(10)14/h3-5,17H,6H2,1-2H3,(H,15,18). The largest absolute Gasteiger partial charge is 0.508 e. The van der Waals surface area contributed by atoms with E-state index in [2.05, 4.69) is 10.3 Å². The van der Waals surface area contributed by atoms with Crippen molar-refractivity contribution in [2.45, 2.75) is 20.4 Å². The highest BCUT2D eigenvalue weighted by molar-refractivity contribution is 6.33. The number of aryl methyl sites for hydroxylation is 2. The third-order valence-corrected chi connectivity index (χ3v) is 3.00. The van der Waals surface area contributed by atoms with Crippen molar-refractivity contribution < 1.29 is 14.3 Å². The lowest BCUT2D eigenvalue weighted by atomic mass is 10.2. The van der Waals surface area contributed by atoms with E-state index in [9.17, 15) is 9.90 Å². The summed E-state index contributed by atoms with van der Waals surface area (Å²) in [6.45, 7) is 3.80. The molecule has 0 saturated carbocycles. The van der Waals surface area contributed by atoms with Gasteiger partial charge >= 0.3 is 0 Å². The number of aromatic hydroxyl groups is 1. The number of aromatic nitrogens is 1. The summed E-state index contributed by atoms with van der Waals surface area (Å²) >= 11 is 5.89. The first-order valence-electron chi connectivity index (χ1n) is 5.67. The second-order valence-electron chi connectivity index (χ2n) is 4.10. The molecule has 5 nitrogen and oxygen atoms in total. The second-order valence-corrected chi connectivity index (χ2v) is 4.50. The Balaban J connectivity index is 2.07. The summed E-state index contributed by atoms with van der Waals surface area (Å²) in [4.78, 5) is 16.1. The van der Waals surface area contributed by atoms with Crippen LogP contribution in [0.2, 0.25) is 5.02 Å². The summed E-state index contributed by atoms with van der Waals surface area (Å²) in [6, 6.07) is 4.19. The molecule has 2 aromatic rings. The average molecular weight is 281 g/mol. The SMILES string of the molecule is Cc1nc(CNC(=O)c2cc(O)ccc2Cl)oc1C. The summed E-state index contributed by atoms with van der Waals surface area (Å²) < 4.78 is 5.35. The Hall–Kier alpha value is -2.01. The fourth-order valence-electron chi connectivity index (χ4n) is 1.55. The van der Waals surface area contributed by atoms with Crippen LogP contribution >= 0.6 is 11.6 Å². The van der Waals surface area contributed by atoms with Crippen molar-refractivity contribution in [3.8, 4) is 5.75 Å². The Labute approximate surface area is 115 Å². The van der Waals surface area contributed by atoms with E-state index in [0.717, 1.165) is 11.5 Å². The molecule has 0 spiro atoms. The highest BCUT2D eigenvalue weighted by atomic mass is 35.5. The van der Waals surface area contributed by atoms with Gasteiger partial charge in [-0.25, -0.2) is 4.98 Å². The summed E-state index contributed by atoms with van der Waals surface area (Å²) in [7, 11) is 0. The predicted octanol–water partition coefficient (Wildman–Crippen LogP) is 2.58. The zero-order chi connectivity index (χ0) is 14.0. The fourth-order valence-corrected chi connectivity index (χ4v) is 1.76. The number of carbonyl (C=O) groups excluding carboxylic acids is 1. The third kappa shape index (κ3) is 3.06. The monoisotopic (exact) mass is 280 g/mol. The van der Waals surface area contributed by atoms with E-state index in [0.29, 0.717) is 5.89 Å². The maximum absolute atomic E-state index is 11.9. The van der Waals surface area contributed by atoms with Crippen molar-refractivity contribution >= 4 is 17.5 Å². The normalized spacial score (nSPS) is 10.5. The van der Waals surface area contributed by atoms with Gasteiger partial charge in [-0.2, -0.15) is 0 Å². The van der Waals surface area contributed by atoms with Crippen LogP contribution in [0.1, 0.15) is 27.7 Å². The van der Waals surface area contributed by atoms with E-state index >= 15 is 0 Å². The molecule has 0 radical (unpaired) electrons. The highest BCUT2D eigenvalue weighted by Crippen LogP contribution is 2.21. The van der Waals surface area contributed by atoms with E-state index in [-0.39, 0.29) is 22.9 Å². The van der Waals surface area contributed by atoms with Crippen LogP contribution in [-0.4, -0.2) is 16.0 Å². The van der Waals surface area contributed by atoms with Crippen LogP contribution in [0.5, 0.6) is 5.75 Å². The van der Waals surface area contributed by atoms with Crippen LogP contribution in [0.3, 0.4) is 0 Å². The van der Waals surface area contributed by atoms with Crippen molar-refractivity contribution in [1.29, 1.82) is 0 Å². The molecule has 1 aromatic carbocycles. The molecule has 0 saturated heterocycles. The van der Waals surface area contributed by atoms with Crippen LogP contribution in [0, 0.1) is 13.8 Å². The molecule has 2 N–H and O–H groups in total. The van der Waals surface area contributed by atoms with Crippen molar-refractivity contribution in [2.24, 2.45) is 0 Å². The number of carbonyl (C=O) groups is 1. The quantitative estimate of drug-likeness (QED) is 0.906. The highest BCUT2D eigenvalue weighted by Gasteiger charge is 2.12. The van der Waals surface area contributed by atoms with Gasteiger partial charge in [-0.15, -0.1) is 0 Å². The Bertz CT molecular complexity index is 603. The molecule has 1 heterocycles. The minimum atomic E-state index is -0.394. The molecule has 100 valence electrons. The Morgan fingerprint density at radius 3 is 2.84 bits per heavy atom. The van der Waals surface area contributed by atoms with Gasteiger partial charge in [0, 0.05) is 0 Å². The number of nitrogens with zero attached hydrogens (tertiary/aromatic N) is 1. The molecule has 6 heteroatoms. The van der Waals surface area contributed by atoms with Gasteiger partial charge in [-0.05, 0) is 32.0 Å².